The molecule has 6 heteroatoms. The van der Waals surface area contributed by atoms with E-state index >= 15 is 0 Å². The van der Waals surface area contributed by atoms with E-state index in [1.54, 1.807) is 11.3 Å². The molecule has 1 saturated heterocycles. The van der Waals surface area contributed by atoms with Crippen molar-refractivity contribution in [2.24, 2.45) is 0 Å². The van der Waals surface area contributed by atoms with Gasteiger partial charge in [-0.05, 0) is 12.5 Å². The molecule has 0 atom stereocenters. The van der Waals surface area contributed by atoms with Crippen LogP contribution in [0.2, 0.25) is 0 Å². The lowest BCUT2D eigenvalue weighted by Crippen LogP contribution is -2.39. The van der Waals surface area contributed by atoms with Crippen LogP contribution in [-0.2, 0) is 16.4 Å². The van der Waals surface area contributed by atoms with Crippen molar-refractivity contribution in [3.8, 4) is 10.6 Å². The minimum atomic E-state index is -2.81. The van der Waals surface area contributed by atoms with Crippen LogP contribution in [0.15, 0.2) is 30.5 Å². The van der Waals surface area contributed by atoms with Crippen LogP contribution >= 0.6 is 11.3 Å². The second kappa shape index (κ2) is 5.87. The Kier molecular flexibility index (Phi) is 4.10. The summed E-state index contributed by atoms with van der Waals surface area (Å²) in [6, 6.07) is 8.23. The number of aryl methyl sites for hydroxylation is 1. The number of sulfone groups is 1. The van der Waals surface area contributed by atoms with E-state index < -0.39 is 9.84 Å². The Morgan fingerprint density at radius 2 is 1.95 bits per heavy atom. The third kappa shape index (κ3) is 3.51. The summed E-state index contributed by atoms with van der Waals surface area (Å²) in [7, 11) is -2.81. The molecular weight excluding hydrogens is 304 g/mol. The monoisotopic (exact) mass is 322 g/mol. The minimum absolute atomic E-state index is 0.274. The van der Waals surface area contributed by atoms with Gasteiger partial charge in [-0.1, -0.05) is 24.3 Å². The highest BCUT2D eigenvalue weighted by Gasteiger charge is 2.22. The number of hydrogen-bond acceptors (Lipinski definition) is 5. The maximum absolute atomic E-state index is 11.4. The van der Waals surface area contributed by atoms with E-state index in [1.807, 2.05) is 18.3 Å². The molecule has 2 aromatic rings. The Morgan fingerprint density at radius 1 is 1.24 bits per heavy atom. The average molecular weight is 322 g/mol. The van der Waals surface area contributed by atoms with Gasteiger partial charge in [0.15, 0.2) is 9.84 Å². The molecule has 0 spiro atoms. The topological polar surface area (TPSA) is 50.3 Å². The average Bonchev–Trinajstić information content (AvgIpc) is 2.90. The van der Waals surface area contributed by atoms with E-state index in [0.29, 0.717) is 13.1 Å². The molecule has 0 amide bonds. The van der Waals surface area contributed by atoms with Gasteiger partial charge in [-0.15, -0.1) is 11.3 Å². The van der Waals surface area contributed by atoms with Gasteiger partial charge in [-0.2, -0.15) is 0 Å². The summed E-state index contributed by atoms with van der Waals surface area (Å²) in [5, 5.41) is 1.03. The van der Waals surface area contributed by atoms with Crippen LogP contribution in [0.25, 0.3) is 10.6 Å². The first-order chi connectivity index (χ1) is 10.0. The molecule has 21 heavy (non-hydrogen) atoms. The van der Waals surface area contributed by atoms with Crippen molar-refractivity contribution < 1.29 is 8.42 Å². The van der Waals surface area contributed by atoms with E-state index in [9.17, 15) is 8.42 Å². The second-order valence-corrected chi connectivity index (χ2v) is 8.79. The third-order valence-electron chi connectivity index (χ3n) is 3.75. The lowest BCUT2D eigenvalue weighted by molar-refractivity contribution is 0.290. The number of nitrogens with zero attached hydrogens (tertiary/aromatic N) is 2. The smallest absolute Gasteiger partial charge is 0.152 e. The summed E-state index contributed by atoms with van der Waals surface area (Å²) in [6.07, 6.45) is 1.91. The largest absolute Gasteiger partial charge is 0.296 e. The Morgan fingerprint density at radius 3 is 2.67 bits per heavy atom. The van der Waals surface area contributed by atoms with Crippen molar-refractivity contribution in [1.29, 1.82) is 0 Å². The quantitative estimate of drug-likeness (QED) is 0.870. The molecule has 1 aliphatic rings. The van der Waals surface area contributed by atoms with Crippen molar-refractivity contribution in [3.05, 3.63) is 40.9 Å². The molecule has 0 N–H and O–H groups in total. The zero-order valence-corrected chi connectivity index (χ0v) is 13.6. The van der Waals surface area contributed by atoms with E-state index in [-0.39, 0.29) is 11.5 Å². The molecular formula is C15H18N2O2S2. The lowest BCUT2D eigenvalue weighted by Gasteiger charge is -2.25. The van der Waals surface area contributed by atoms with Crippen LogP contribution < -0.4 is 0 Å². The van der Waals surface area contributed by atoms with Gasteiger partial charge in [0.2, 0.25) is 0 Å². The lowest BCUT2D eigenvalue weighted by atomic mass is 10.1. The summed E-state index contributed by atoms with van der Waals surface area (Å²) in [4.78, 5) is 7.89. The Bertz CT molecular complexity index is 724. The van der Waals surface area contributed by atoms with Crippen LogP contribution in [0, 0.1) is 6.92 Å². The van der Waals surface area contributed by atoms with Crippen LogP contribution in [-0.4, -0.2) is 42.9 Å². The molecule has 0 bridgehead atoms. The number of rotatable bonds is 3. The molecule has 0 saturated carbocycles. The maximum Gasteiger partial charge on any atom is 0.152 e. The van der Waals surface area contributed by atoms with Gasteiger partial charge in [0.05, 0.1) is 11.5 Å². The van der Waals surface area contributed by atoms with Crippen LogP contribution in [0.5, 0.6) is 0 Å². The fourth-order valence-electron chi connectivity index (χ4n) is 2.45. The van der Waals surface area contributed by atoms with Gasteiger partial charge >= 0.3 is 0 Å². The highest BCUT2D eigenvalue weighted by Crippen LogP contribution is 2.28. The molecule has 2 heterocycles. The molecule has 1 aromatic carbocycles. The third-order valence-corrected chi connectivity index (χ3v) is 6.37. The first-order valence-corrected chi connectivity index (χ1v) is 9.61. The van der Waals surface area contributed by atoms with Crippen molar-refractivity contribution in [3.63, 3.8) is 0 Å². The standard InChI is InChI=1S/C15H18N2O2S2/c1-12-4-2-3-5-14(12)15-16-10-13(20-15)11-17-6-8-21(18,19)9-7-17/h2-5,10H,6-9,11H2,1H3. The van der Waals surface area contributed by atoms with Gasteiger partial charge in [0, 0.05) is 36.3 Å². The van der Waals surface area contributed by atoms with Crippen molar-refractivity contribution >= 4 is 21.2 Å². The van der Waals surface area contributed by atoms with E-state index in [4.69, 9.17) is 0 Å². The molecule has 112 valence electrons. The van der Waals surface area contributed by atoms with Gasteiger partial charge in [0.25, 0.3) is 0 Å². The Labute approximate surface area is 129 Å². The molecule has 0 radical (unpaired) electrons. The summed E-state index contributed by atoms with van der Waals surface area (Å²) in [5.41, 5.74) is 2.40. The molecule has 0 unspecified atom stereocenters. The van der Waals surface area contributed by atoms with E-state index in [2.05, 4.69) is 28.9 Å². The first kappa shape index (κ1) is 14.7. The van der Waals surface area contributed by atoms with Gasteiger partial charge in [-0.3, -0.25) is 4.90 Å². The Balaban J connectivity index is 1.70. The molecule has 3 rings (SSSR count). The summed E-state index contributed by atoms with van der Waals surface area (Å²) in [6.45, 7) is 4.13. The predicted octanol–water partition coefficient (Wildman–Crippen LogP) is 2.35. The molecule has 1 aromatic heterocycles. The van der Waals surface area contributed by atoms with Gasteiger partial charge in [-0.25, -0.2) is 13.4 Å². The molecule has 4 nitrogen and oxygen atoms in total. The zero-order valence-electron chi connectivity index (χ0n) is 11.9. The minimum Gasteiger partial charge on any atom is -0.296 e. The van der Waals surface area contributed by atoms with E-state index in [0.717, 1.165) is 11.6 Å². The van der Waals surface area contributed by atoms with Gasteiger partial charge < -0.3 is 0 Å². The van der Waals surface area contributed by atoms with E-state index in [1.165, 1.54) is 16.0 Å². The SMILES string of the molecule is Cc1ccccc1-c1ncc(CN2CCS(=O)(=O)CC2)s1. The van der Waals surface area contributed by atoms with Crippen molar-refractivity contribution in [2.75, 3.05) is 24.6 Å². The fraction of sp³-hybridized carbons (Fsp3) is 0.400. The van der Waals surface area contributed by atoms with Crippen LogP contribution in [0.3, 0.4) is 0 Å². The summed E-state index contributed by atoms with van der Waals surface area (Å²) in [5.74, 6) is 0.549. The Hall–Kier alpha value is -1.24. The van der Waals surface area contributed by atoms with Crippen molar-refractivity contribution in [2.45, 2.75) is 13.5 Å². The summed E-state index contributed by atoms with van der Waals surface area (Å²) < 4.78 is 22.9. The zero-order chi connectivity index (χ0) is 14.9. The summed E-state index contributed by atoms with van der Waals surface area (Å²) >= 11 is 1.69. The first-order valence-electron chi connectivity index (χ1n) is 6.97. The molecule has 1 fully saturated rings. The fourth-order valence-corrected chi connectivity index (χ4v) is 4.77. The molecule has 1 aliphatic heterocycles. The van der Waals surface area contributed by atoms with Crippen molar-refractivity contribution in [1.82, 2.24) is 9.88 Å². The maximum atomic E-state index is 11.4. The number of thiazole rings is 1. The highest BCUT2D eigenvalue weighted by atomic mass is 32.2. The highest BCUT2D eigenvalue weighted by molar-refractivity contribution is 7.91. The number of hydrogen-bond donors (Lipinski definition) is 0. The number of aromatic nitrogens is 1. The van der Waals surface area contributed by atoms with Crippen LogP contribution in [0.4, 0.5) is 0 Å². The number of benzene rings is 1. The normalized spacial score (nSPS) is 18.7. The van der Waals surface area contributed by atoms with Crippen LogP contribution in [0.1, 0.15) is 10.4 Å². The van der Waals surface area contributed by atoms with Gasteiger partial charge in [0.1, 0.15) is 5.01 Å². The molecule has 0 aliphatic carbocycles. The second-order valence-electron chi connectivity index (χ2n) is 5.37. The predicted molar refractivity (Wildman–Crippen MR) is 86.2 cm³/mol.